The molecule has 1 fully saturated rings. The number of amides is 1. The average Bonchev–Trinajstić information content (AvgIpc) is 3.54. The highest BCUT2D eigenvalue weighted by molar-refractivity contribution is 5.97. The Kier molecular flexibility index (Phi) is 5.95. The number of imidazole rings is 1. The number of carbonyl (C=O) groups excluding carboxylic acids is 1. The topological polar surface area (TPSA) is 132 Å². The molecular formula is C26H27FN10O. The molecule has 0 atom stereocenters. The van der Waals surface area contributed by atoms with Crippen molar-refractivity contribution in [3.05, 3.63) is 42.7 Å². The molecule has 0 spiro atoms. The van der Waals surface area contributed by atoms with Crippen LogP contribution in [0.3, 0.4) is 0 Å². The maximum Gasteiger partial charge on any atom is 0.226 e. The predicted molar refractivity (Wildman–Crippen MR) is 143 cm³/mol. The van der Waals surface area contributed by atoms with Gasteiger partial charge in [0.25, 0.3) is 0 Å². The minimum Gasteiger partial charge on any atom is -0.367 e. The number of hydrogen-bond acceptors (Lipinski definition) is 8. The van der Waals surface area contributed by atoms with E-state index in [2.05, 4.69) is 52.3 Å². The smallest absolute Gasteiger partial charge is 0.226 e. The van der Waals surface area contributed by atoms with Gasteiger partial charge in [-0.05, 0) is 19.2 Å². The first kappa shape index (κ1) is 23.9. The van der Waals surface area contributed by atoms with Crippen LogP contribution in [0.5, 0.6) is 0 Å². The van der Waals surface area contributed by atoms with Crippen LogP contribution < -0.4 is 10.2 Å². The van der Waals surface area contributed by atoms with Gasteiger partial charge in [0.2, 0.25) is 5.91 Å². The fourth-order valence-corrected chi connectivity index (χ4v) is 4.58. The number of nitrogens with one attached hydrogen (secondary N) is 3. The summed E-state index contributed by atoms with van der Waals surface area (Å²) >= 11 is 0. The van der Waals surface area contributed by atoms with Gasteiger partial charge in [-0.15, -0.1) is 0 Å². The third kappa shape index (κ3) is 4.22. The Bertz CT molecular complexity index is 1650. The molecule has 5 aromatic heterocycles. The Morgan fingerprint density at radius 1 is 1.11 bits per heavy atom. The van der Waals surface area contributed by atoms with E-state index in [4.69, 9.17) is 4.98 Å². The molecule has 1 saturated heterocycles. The minimum atomic E-state index is -0.562. The molecule has 6 rings (SSSR count). The highest BCUT2D eigenvalue weighted by atomic mass is 19.1. The lowest BCUT2D eigenvalue weighted by Gasteiger charge is -2.33. The lowest BCUT2D eigenvalue weighted by Crippen LogP contribution is -2.44. The van der Waals surface area contributed by atoms with Crippen molar-refractivity contribution in [2.45, 2.75) is 13.8 Å². The van der Waals surface area contributed by atoms with Crippen LogP contribution >= 0.6 is 0 Å². The molecule has 1 aliphatic rings. The van der Waals surface area contributed by atoms with Gasteiger partial charge >= 0.3 is 0 Å². The monoisotopic (exact) mass is 514 g/mol. The molecule has 12 heteroatoms. The molecule has 0 aromatic carbocycles. The number of hydrogen-bond donors (Lipinski definition) is 3. The van der Waals surface area contributed by atoms with E-state index in [0.29, 0.717) is 33.9 Å². The van der Waals surface area contributed by atoms with Gasteiger partial charge in [-0.1, -0.05) is 13.8 Å². The van der Waals surface area contributed by atoms with Crippen molar-refractivity contribution in [3.8, 4) is 22.8 Å². The summed E-state index contributed by atoms with van der Waals surface area (Å²) in [5.41, 5.74) is 4.08. The molecule has 6 heterocycles. The van der Waals surface area contributed by atoms with Crippen molar-refractivity contribution >= 4 is 39.3 Å². The van der Waals surface area contributed by atoms with E-state index in [1.54, 1.807) is 26.1 Å². The number of aromatic amines is 2. The van der Waals surface area contributed by atoms with Crippen LogP contribution in [-0.2, 0) is 4.79 Å². The van der Waals surface area contributed by atoms with Crippen LogP contribution in [0.25, 0.3) is 44.8 Å². The van der Waals surface area contributed by atoms with E-state index >= 15 is 4.39 Å². The van der Waals surface area contributed by atoms with Gasteiger partial charge in [0, 0.05) is 50.1 Å². The Balaban J connectivity index is 1.40. The number of anilines is 2. The van der Waals surface area contributed by atoms with Crippen molar-refractivity contribution < 1.29 is 9.18 Å². The summed E-state index contributed by atoms with van der Waals surface area (Å²) in [4.78, 5) is 37.7. The zero-order valence-corrected chi connectivity index (χ0v) is 21.3. The van der Waals surface area contributed by atoms with Gasteiger partial charge in [-0.3, -0.25) is 19.9 Å². The van der Waals surface area contributed by atoms with Gasteiger partial charge in [-0.2, -0.15) is 5.10 Å². The number of halogens is 1. The summed E-state index contributed by atoms with van der Waals surface area (Å²) in [6.45, 7) is 7.29. The minimum absolute atomic E-state index is 0.0978. The van der Waals surface area contributed by atoms with Gasteiger partial charge in [0.05, 0.1) is 34.7 Å². The fourth-order valence-electron chi connectivity index (χ4n) is 4.58. The van der Waals surface area contributed by atoms with Crippen molar-refractivity contribution in [3.63, 3.8) is 0 Å². The van der Waals surface area contributed by atoms with Crippen molar-refractivity contribution in [1.82, 2.24) is 40.0 Å². The summed E-state index contributed by atoms with van der Waals surface area (Å²) in [5, 5.41) is 10.3. The van der Waals surface area contributed by atoms with E-state index in [0.717, 1.165) is 37.4 Å². The normalized spacial score (nSPS) is 14.6. The summed E-state index contributed by atoms with van der Waals surface area (Å²) in [6, 6.07) is 3.61. The maximum absolute atomic E-state index is 16.0. The van der Waals surface area contributed by atoms with Gasteiger partial charge < -0.3 is 20.1 Å². The second-order valence-electron chi connectivity index (χ2n) is 9.79. The van der Waals surface area contributed by atoms with E-state index in [9.17, 15) is 4.79 Å². The molecule has 38 heavy (non-hydrogen) atoms. The molecule has 1 aliphatic heterocycles. The summed E-state index contributed by atoms with van der Waals surface area (Å²) in [5.74, 6) is -0.506. The van der Waals surface area contributed by atoms with Crippen molar-refractivity contribution in [2.24, 2.45) is 5.92 Å². The van der Waals surface area contributed by atoms with Crippen molar-refractivity contribution in [1.29, 1.82) is 0 Å². The number of rotatable bonds is 5. The van der Waals surface area contributed by atoms with E-state index in [1.165, 1.54) is 18.6 Å². The Labute approximate surface area is 217 Å². The van der Waals surface area contributed by atoms with Crippen LogP contribution in [0.2, 0.25) is 0 Å². The molecule has 5 aromatic rings. The zero-order valence-electron chi connectivity index (χ0n) is 21.3. The zero-order chi connectivity index (χ0) is 26.4. The number of aromatic nitrogens is 7. The molecule has 0 bridgehead atoms. The van der Waals surface area contributed by atoms with Crippen molar-refractivity contribution in [2.75, 3.05) is 43.4 Å². The lowest BCUT2D eigenvalue weighted by atomic mass is 10.1. The molecule has 0 saturated carbocycles. The molecule has 194 valence electrons. The fraction of sp³-hybridized carbons (Fsp3) is 0.308. The Hall–Kier alpha value is -4.45. The first-order valence-electron chi connectivity index (χ1n) is 12.5. The second-order valence-corrected chi connectivity index (χ2v) is 9.79. The van der Waals surface area contributed by atoms with Gasteiger partial charge in [-0.25, -0.2) is 14.4 Å². The number of fused-ring (bicyclic) bond motifs is 2. The number of carbonyl (C=O) groups is 1. The van der Waals surface area contributed by atoms with Crippen LogP contribution in [-0.4, -0.2) is 79.2 Å². The highest BCUT2D eigenvalue weighted by Gasteiger charge is 2.23. The number of pyridine rings is 3. The van der Waals surface area contributed by atoms with E-state index in [-0.39, 0.29) is 22.9 Å². The molecule has 0 unspecified atom stereocenters. The summed E-state index contributed by atoms with van der Waals surface area (Å²) in [7, 11) is 2.11. The van der Waals surface area contributed by atoms with Gasteiger partial charge in [0.1, 0.15) is 16.9 Å². The Morgan fingerprint density at radius 3 is 2.71 bits per heavy atom. The molecule has 0 radical (unpaired) electrons. The highest BCUT2D eigenvalue weighted by Crippen LogP contribution is 2.34. The number of H-pyrrole nitrogens is 2. The largest absolute Gasteiger partial charge is 0.367 e. The molecular weight excluding hydrogens is 487 g/mol. The quantitative estimate of drug-likeness (QED) is 0.325. The molecule has 0 aliphatic carbocycles. The molecule has 11 nitrogen and oxygen atoms in total. The number of piperazine rings is 1. The van der Waals surface area contributed by atoms with E-state index in [1.807, 2.05) is 6.07 Å². The van der Waals surface area contributed by atoms with Gasteiger partial charge in [0.15, 0.2) is 17.3 Å². The standard InChI is InChI=1S/C26H27FN10O/c1-14(2)26(38)31-16-10-15(11-28-12-16)21-20(27)19-17(13-30-21)34-35-23(19)25-32-22-18(4-5-29-24(22)33-25)37-8-6-36(3)7-9-37/h4-5,10-14H,6-9H2,1-3H3,(H,31,38)(H,34,35)(H,29,32,33). The third-order valence-corrected chi connectivity index (χ3v) is 6.78. The number of likely N-dealkylation sites (N-methyl/N-ethyl adjacent to an activating group) is 1. The first-order valence-corrected chi connectivity index (χ1v) is 12.5. The van der Waals surface area contributed by atoms with Crippen LogP contribution in [0.15, 0.2) is 36.9 Å². The van der Waals surface area contributed by atoms with Crippen LogP contribution in [0.4, 0.5) is 15.8 Å². The first-order chi connectivity index (χ1) is 18.4. The lowest BCUT2D eigenvalue weighted by molar-refractivity contribution is -0.118. The third-order valence-electron chi connectivity index (χ3n) is 6.78. The van der Waals surface area contributed by atoms with Crippen LogP contribution in [0.1, 0.15) is 13.8 Å². The average molecular weight is 515 g/mol. The SMILES string of the molecule is CC(C)C(=O)Nc1cncc(-c2ncc3[nH]nc(-c4nc5c(N6CCN(C)CC6)ccnc5[nH]4)c3c2F)c1. The van der Waals surface area contributed by atoms with Crippen LogP contribution in [0, 0.1) is 11.7 Å². The molecule has 3 N–H and O–H groups in total. The summed E-state index contributed by atoms with van der Waals surface area (Å²) < 4.78 is 16.0. The molecule has 1 amide bonds. The predicted octanol–water partition coefficient (Wildman–Crippen LogP) is 3.44. The number of nitrogens with zero attached hydrogens (tertiary/aromatic N) is 7. The summed E-state index contributed by atoms with van der Waals surface area (Å²) in [6.07, 6.45) is 6.31. The second kappa shape index (κ2) is 9.45. The Morgan fingerprint density at radius 2 is 1.92 bits per heavy atom. The maximum atomic E-state index is 16.0. The van der Waals surface area contributed by atoms with E-state index < -0.39 is 5.82 Å².